The van der Waals surface area contributed by atoms with Gasteiger partial charge in [0.25, 0.3) is 5.56 Å². The van der Waals surface area contributed by atoms with E-state index in [0.717, 1.165) is 109 Å². The number of nitriles is 1. The molecule has 22 heterocycles. The van der Waals surface area contributed by atoms with Crippen molar-refractivity contribution >= 4 is 210 Å². The molecule has 3 aliphatic heterocycles. The Balaban J connectivity index is 0.000000146. The summed E-state index contributed by atoms with van der Waals surface area (Å²) in [6.07, 6.45) is 16.6. The Morgan fingerprint density at radius 2 is 0.992 bits per heavy atom. The fourth-order valence-corrected chi connectivity index (χ4v) is 13.5. The molecule has 0 bridgehead atoms. The quantitative estimate of drug-likeness (QED) is 0.0222. The lowest BCUT2D eigenvalue weighted by atomic mass is 9.79. The zero-order valence-corrected chi connectivity index (χ0v) is 71.4. The summed E-state index contributed by atoms with van der Waals surface area (Å²) >= 11 is 23.1. The number of ether oxygens (including phenoxy) is 5. The van der Waals surface area contributed by atoms with Gasteiger partial charge in [-0.25, -0.2) is 79.2 Å². The molecule has 0 aliphatic carbocycles. The van der Waals surface area contributed by atoms with Crippen LogP contribution in [0, 0.1) is 11.3 Å². The van der Waals surface area contributed by atoms with E-state index in [4.69, 9.17) is 129 Å². The first-order valence-corrected chi connectivity index (χ1v) is 40.7. The maximum Gasteiger partial charge on any atom is 0.489 e. The monoisotopic (exact) mass is 1850 g/mol. The number of furan rings is 5. The van der Waals surface area contributed by atoms with E-state index in [1.54, 1.807) is 118 Å². The first kappa shape index (κ1) is 94.8. The normalized spacial score (nSPS) is 12.7. The van der Waals surface area contributed by atoms with Crippen LogP contribution in [0.2, 0.25) is 20.9 Å². The number of hydrogen-bond donors (Lipinski definition) is 10. The lowest BCUT2D eigenvalue weighted by Crippen LogP contribution is -2.37. The van der Waals surface area contributed by atoms with E-state index in [0.29, 0.717) is 134 Å². The Hall–Kier alpha value is -14.3. The van der Waals surface area contributed by atoms with E-state index in [2.05, 4.69) is 99.6 Å². The number of hydrogen-bond acceptors (Lipinski definition) is 37. The van der Waals surface area contributed by atoms with Crippen molar-refractivity contribution in [3.63, 3.8) is 0 Å². The van der Waals surface area contributed by atoms with E-state index >= 15 is 0 Å². The van der Waals surface area contributed by atoms with Crippen LogP contribution in [-0.2, 0) is 28.5 Å². The van der Waals surface area contributed by atoms with E-state index in [9.17, 15) is 19.2 Å². The Bertz CT molecular complexity index is 7230. The summed E-state index contributed by atoms with van der Waals surface area (Å²) in [5.41, 5.74) is 14.7. The van der Waals surface area contributed by atoms with Crippen LogP contribution in [0.25, 0.3) is 133 Å². The number of aliphatic hydroxyl groups is 2. The van der Waals surface area contributed by atoms with Crippen molar-refractivity contribution in [1.29, 1.82) is 5.26 Å². The second-order valence-electron chi connectivity index (χ2n) is 26.5. The maximum atomic E-state index is 11.4. The van der Waals surface area contributed by atoms with Gasteiger partial charge in [0.15, 0.2) is 39.4 Å². The molecule has 0 unspecified atom stereocenters. The lowest BCUT2D eigenvalue weighted by Gasteiger charge is -2.27. The molecule has 3 saturated heterocycles. The molecule has 22 rings (SSSR count). The number of nitrogens with two attached hydrogens (primary N) is 1. The second-order valence-corrected chi connectivity index (χ2v) is 27.9. The molecule has 0 radical (unpaired) electrons. The number of pyridine rings is 8. The van der Waals surface area contributed by atoms with Gasteiger partial charge in [-0.3, -0.25) is 9.78 Å². The highest BCUT2D eigenvalue weighted by molar-refractivity contribution is 6.61. The Morgan fingerprint density at radius 3 is 1.50 bits per heavy atom. The first-order chi connectivity index (χ1) is 62.9. The van der Waals surface area contributed by atoms with E-state index < -0.39 is 36.9 Å². The third kappa shape index (κ3) is 22.8. The molecule has 0 atom stereocenters. The number of morpholine rings is 3. The van der Waals surface area contributed by atoms with Crippen LogP contribution in [0.3, 0.4) is 0 Å². The number of carbonyl (C=O) groups is 2. The van der Waals surface area contributed by atoms with Crippen molar-refractivity contribution < 1.29 is 77.0 Å². The Labute approximate surface area is 755 Å². The highest BCUT2D eigenvalue weighted by Gasteiger charge is 2.27. The fourth-order valence-electron chi connectivity index (χ4n) is 12.8. The van der Waals surface area contributed by atoms with Crippen molar-refractivity contribution in [3.8, 4) is 17.5 Å². The molecule has 130 heavy (non-hydrogen) atoms. The predicted octanol–water partition coefficient (Wildman–Crippen LogP) is 10.9. The Morgan fingerprint density at radius 1 is 0.523 bits per heavy atom. The van der Waals surface area contributed by atoms with Gasteiger partial charge in [0, 0.05) is 126 Å². The van der Waals surface area contributed by atoms with Crippen LogP contribution in [0.5, 0.6) is 0 Å². The van der Waals surface area contributed by atoms with Crippen LogP contribution >= 0.6 is 46.4 Å². The number of rotatable bonds is 8. The number of esters is 2. The minimum Gasteiger partial charge on any atom is -0.464 e. The molecule has 19 aromatic heterocycles. The van der Waals surface area contributed by atoms with Gasteiger partial charge in [0.2, 0.25) is 50.5 Å². The molecular formula is C84H82BCl4N23O18. The molecule has 0 amide bonds. The molecule has 3 aliphatic rings. The number of nitrogen functional groups attached to an aromatic ring is 1. The summed E-state index contributed by atoms with van der Waals surface area (Å²) in [4.78, 5) is 118. The molecule has 672 valence electrons. The van der Waals surface area contributed by atoms with E-state index in [1.807, 2.05) is 54.7 Å². The molecular weight excluding hydrogens is 1770 g/mol. The number of anilines is 3. The second kappa shape index (κ2) is 45.9. The zero-order valence-electron chi connectivity index (χ0n) is 68.4. The van der Waals surface area contributed by atoms with Gasteiger partial charge in [-0.2, -0.15) is 10.2 Å². The van der Waals surface area contributed by atoms with Gasteiger partial charge < -0.3 is 102 Å². The number of carbonyl (C=O) groups excluding carboxylic acids is 2. The summed E-state index contributed by atoms with van der Waals surface area (Å²) in [7, 11) is -0.439. The van der Waals surface area contributed by atoms with Crippen molar-refractivity contribution in [2.24, 2.45) is 0 Å². The lowest BCUT2D eigenvalue weighted by molar-refractivity contribution is -0.146. The standard InChI is InChI=1S/C20H16N6O2.C13H11ClN4O2.C10H10N2O3.C9H3Cl2N3O.C9H5N3O3.C7H7BN2O2.C6H3ClN2.C4H9NO.C4H8O3.CH4O.CH4.H2/c1-2-14-15-16(28-20(14)23-5-1)19(26-8-10-27-11-9-26)25-18(24-15)13-4-7-22-17-12(13)3-6-21-17;14-13-16-9-8-2-1-3-15-12(8)20-10(9)11(17-13)18-4-6-19-7-5-18;1-2-14-10(13)8-7(11)6-4-3-5-12-9(6)15-8;10-7-6-5(13-9(11)14-7)4-2-1-3-12-8(4)15-6;13-7-6-5(11-9(14)12-7)4-2-1-3-10-8(4)15-6;11-8(12)6-2-4-10-7-5(6)1-3-9-7;7-6-5(4-8)2-1-3-9-6;1-3-6-4-2-5-1;1-2-7-4(6)3-5;1-2;;/h1-7H,8-11H2,(H,21,22);1-3H,4-7H2;3-5H,2,11H2,1H3;1-3H;1-3H,(H2,11,12,13,14);1-4,11-12H,(H,9,10);1-3H;5H,1-4H2;5H,2-3H2,1H3;2H,1H3;1H4;1H/i;;;;;;;;;;;1+1. The molecule has 0 spiro atoms. The van der Waals surface area contributed by atoms with E-state index in [1.165, 1.54) is 6.20 Å². The number of fused-ring (bicyclic) bond motifs is 15. The first-order valence-electron chi connectivity index (χ1n) is 39.2. The number of aromatic nitrogens is 18. The topological polar surface area (TPSA) is 573 Å². The largest absolute Gasteiger partial charge is 0.489 e. The average molecular weight is 1860 g/mol. The van der Waals surface area contributed by atoms with Gasteiger partial charge in [0.1, 0.15) is 51.2 Å². The number of aromatic amines is 4. The van der Waals surface area contributed by atoms with Gasteiger partial charge >= 0.3 is 24.7 Å². The molecule has 46 heteroatoms. The van der Waals surface area contributed by atoms with E-state index in [-0.39, 0.29) is 53.4 Å². The van der Waals surface area contributed by atoms with Crippen molar-refractivity contribution in [3.05, 3.63) is 212 Å². The number of H-pyrrole nitrogens is 4. The van der Waals surface area contributed by atoms with Crippen molar-refractivity contribution in [1.82, 2.24) is 95.0 Å². The molecule has 11 N–H and O–H groups in total. The summed E-state index contributed by atoms with van der Waals surface area (Å²) < 4.78 is 52.7. The molecule has 3 fully saturated rings. The number of aliphatic hydroxyl groups excluding tert-OH is 2. The van der Waals surface area contributed by atoms with Crippen LogP contribution in [0.4, 0.5) is 17.3 Å². The summed E-state index contributed by atoms with van der Waals surface area (Å²) in [6.45, 7) is 13.0. The van der Waals surface area contributed by atoms with Gasteiger partial charge in [-0.15, -0.1) is 0 Å². The van der Waals surface area contributed by atoms with Gasteiger partial charge in [0.05, 0.1) is 91.0 Å². The number of halogens is 4. The zero-order chi connectivity index (χ0) is 90.9. The average Bonchev–Trinajstić information content (AvgIpc) is 1.62. The number of nitrogens with zero attached hydrogens (tertiary/aromatic N) is 17. The minimum atomic E-state index is -1.44. The van der Waals surface area contributed by atoms with Crippen LogP contribution in [0.1, 0.15) is 38.8 Å². The Kier molecular flexibility index (Phi) is 33.5. The maximum absolute atomic E-state index is 11.4. The molecule has 0 aromatic carbocycles. The van der Waals surface area contributed by atoms with Crippen LogP contribution < -0.4 is 37.6 Å². The summed E-state index contributed by atoms with van der Waals surface area (Å²) in [5, 5.41) is 50.7. The van der Waals surface area contributed by atoms with Crippen molar-refractivity contribution in [2.45, 2.75) is 21.3 Å². The molecule has 0 saturated carbocycles. The summed E-state index contributed by atoms with van der Waals surface area (Å²) in [6, 6.07) is 30.6. The van der Waals surface area contributed by atoms with Crippen LogP contribution in [0.15, 0.2) is 191 Å². The summed E-state index contributed by atoms with van der Waals surface area (Å²) in [5.74, 6) is 1.02. The highest BCUT2D eigenvalue weighted by Crippen LogP contribution is 2.38. The minimum absolute atomic E-state index is 0. The molecule has 41 nitrogen and oxygen atoms in total. The van der Waals surface area contributed by atoms with Crippen molar-refractivity contribution in [2.75, 3.05) is 121 Å². The fraction of sp³-hybridized carbons (Fsp3) is 0.226. The SMILES string of the molecule is C.C1COCCN1.CCOC(=O)CO.CCOC(=O)c1oc2ncccc2c1N.CO.Clc1nc(Cl)c2oc3ncccc3c2n1.Clc1nc(N2CCOCC2)c2oc3ncccc3c2n1.N#Cc1cccnc1Cl.O=c1[nH]c(=O)c2oc3ncccc3c2[nH]1.OB(O)c1ccnc2[nH]ccc12.[2HH].c1cnc2oc3c(N4CCOCC4)nc(-c4ccnc5[nH]ccc45)nc3c2c1. The van der Waals surface area contributed by atoms with Gasteiger partial charge in [-0.1, -0.05) is 30.6 Å². The van der Waals surface area contributed by atoms with Gasteiger partial charge in [-0.05, 0) is 140 Å². The predicted molar refractivity (Wildman–Crippen MR) is 489 cm³/mol. The smallest absolute Gasteiger partial charge is 0.464 e. The third-order valence-corrected chi connectivity index (χ3v) is 19.4. The highest BCUT2D eigenvalue weighted by atomic mass is 35.5. The third-order valence-electron chi connectivity index (χ3n) is 18.5. The molecule has 19 aromatic rings. The number of nitrogens with one attached hydrogen (secondary N) is 5. The van der Waals surface area contributed by atoms with Crippen LogP contribution in [-0.4, -0.2) is 235 Å².